The van der Waals surface area contributed by atoms with Crippen LogP contribution in [0, 0.1) is 11.8 Å². The third kappa shape index (κ3) is 10.2. The van der Waals surface area contributed by atoms with E-state index in [-0.39, 0.29) is 17.8 Å². The van der Waals surface area contributed by atoms with Gasteiger partial charge in [0.1, 0.15) is 5.60 Å². The van der Waals surface area contributed by atoms with E-state index in [0.29, 0.717) is 18.9 Å². The summed E-state index contributed by atoms with van der Waals surface area (Å²) in [6, 6.07) is 0. The lowest BCUT2D eigenvalue weighted by Crippen LogP contribution is -2.58. The maximum Gasteiger partial charge on any atom is 0.230 e. The van der Waals surface area contributed by atoms with Crippen molar-refractivity contribution in [2.24, 2.45) is 11.8 Å². The monoisotopic (exact) mass is 491 g/mol. The van der Waals surface area contributed by atoms with E-state index in [1.54, 1.807) is 0 Å². The second-order valence-electron chi connectivity index (χ2n) is 11.7. The Bertz CT molecular complexity index is 608. The molecule has 2 aliphatic heterocycles. The van der Waals surface area contributed by atoms with Crippen LogP contribution < -0.4 is 0 Å². The van der Waals surface area contributed by atoms with E-state index in [1.807, 2.05) is 6.08 Å². The normalized spacial score (nSPS) is 23.0. The van der Waals surface area contributed by atoms with Gasteiger partial charge in [0.05, 0.1) is 12.7 Å². The van der Waals surface area contributed by atoms with Crippen LogP contribution in [0.3, 0.4) is 0 Å². The van der Waals surface area contributed by atoms with Crippen molar-refractivity contribution >= 4 is 5.78 Å². The fourth-order valence-electron chi connectivity index (χ4n) is 5.59. The lowest BCUT2D eigenvalue weighted by atomic mass is 9.82. The number of Topliss-reactive ketones (excluding diaryl/α,β-unsaturated/α-hetero) is 1. The smallest absolute Gasteiger partial charge is 0.230 e. The fraction of sp³-hybridized carbons (Fsp3) is 0.903. The van der Waals surface area contributed by atoms with Gasteiger partial charge in [-0.2, -0.15) is 0 Å². The first kappa shape index (κ1) is 30.4. The van der Waals surface area contributed by atoms with Crippen LogP contribution in [-0.4, -0.2) is 48.6 Å². The largest absolute Gasteiger partial charge is 0.487 e. The summed E-state index contributed by atoms with van der Waals surface area (Å²) in [4.78, 5) is 16.3. The minimum absolute atomic E-state index is 0.0776. The Balaban J connectivity index is 1.94. The zero-order chi connectivity index (χ0) is 25.5. The zero-order valence-corrected chi connectivity index (χ0v) is 23.9. The second kappa shape index (κ2) is 16.8. The number of carbonyl (C=O) groups is 1. The van der Waals surface area contributed by atoms with Gasteiger partial charge in [-0.05, 0) is 69.5 Å². The third-order valence-corrected chi connectivity index (χ3v) is 8.29. The standard InChI is InChI=1S/C31H57NO3/c1-6-8-10-11-12-13-14-16-18-28(17-15-9-7-2)35-29-21-24-34-31(26(3)4,30(29)33)25-32-22-19-27(5)20-23-32/h21,26-28H,6-20,22-25H2,1-5H3. The maximum atomic E-state index is 13.8. The molecule has 204 valence electrons. The Morgan fingerprint density at radius 1 is 0.943 bits per heavy atom. The highest BCUT2D eigenvalue weighted by atomic mass is 16.5. The first-order valence-corrected chi connectivity index (χ1v) is 15.2. The number of hydrogen-bond donors (Lipinski definition) is 0. The summed E-state index contributed by atoms with van der Waals surface area (Å²) in [5, 5.41) is 0. The van der Waals surface area contributed by atoms with E-state index in [0.717, 1.165) is 31.8 Å². The minimum Gasteiger partial charge on any atom is -0.487 e. The summed E-state index contributed by atoms with van der Waals surface area (Å²) in [7, 11) is 0. The molecule has 2 unspecified atom stereocenters. The lowest BCUT2D eigenvalue weighted by Gasteiger charge is -2.43. The van der Waals surface area contributed by atoms with Gasteiger partial charge in [0.2, 0.25) is 5.78 Å². The molecule has 0 saturated carbocycles. The van der Waals surface area contributed by atoms with Gasteiger partial charge in [-0.3, -0.25) is 9.69 Å². The molecule has 35 heavy (non-hydrogen) atoms. The van der Waals surface area contributed by atoms with Gasteiger partial charge in [0, 0.05) is 6.54 Å². The van der Waals surface area contributed by atoms with Crippen molar-refractivity contribution in [2.45, 2.75) is 143 Å². The Morgan fingerprint density at radius 3 is 2.09 bits per heavy atom. The van der Waals surface area contributed by atoms with E-state index in [9.17, 15) is 4.79 Å². The molecule has 2 heterocycles. The molecule has 1 fully saturated rings. The van der Waals surface area contributed by atoms with Crippen molar-refractivity contribution in [3.8, 4) is 0 Å². The van der Waals surface area contributed by atoms with Crippen LogP contribution in [0.4, 0.5) is 0 Å². The number of ether oxygens (including phenoxy) is 2. The summed E-state index contributed by atoms with van der Waals surface area (Å²) in [5.74, 6) is 1.56. The first-order valence-electron chi connectivity index (χ1n) is 15.2. The predicted octanol–water partition coefficient (Wildman–Crippen LogP) is 8.09. The highest BCUT2D eigenvalue weighted by molar-refractivity contribution is 6.01. The summed E-state index contributed by atoms with van der Waals surface area (Å²) < 4.78 is 12.8. The lowest BCUT2D eigenvalue weighted by molar-refractivity contribution is -0.158. The van der Waals surface area contributed by atoms with Crippen LogP contribution in [0.5, 0.6) is 0 Å². The van der Waals surface area contributed by atoms with E-state index >= 15 is 0 Å². The number of carbonyl (C=O) groups excluding carboxylic acids is 1. The molecule has 0 aromatic carbocycles. The molecular formula is C31H57NO3. The molecule has 2 aliphatic rings. The molecule has 0 spiro atoms. The van der Waals surface area contributed by atoms with Crippen molar-refractivity contribution in [3.63, 3.8) is 0 Å². The van der Waals surface area contributed by atoms with E-state index in [2.05, 4.69) is 39.5 Å². The van der Waals surface area contributed by atoms with Gasteiger partial charge in [-0.1, -0.05) is 92.4 Å². The van der Waals surface area contributed by atoms with Gasteiger partial charge < -0.3 is 9.47 Å². The Morgan fingerprint density at radius 2 is 1.49 bits per heavy atom. The predicted molar refractivity (Wildman–Crippen MR) is 148 cm³/mol. The van der Waals surface area contributed by atoms with Crippen LogP contribution in [-0.2, 0) is 14.3 Å². The number of rotatable bonds is 18. The van der Waals surface area contributed by atoms with Crippen molar-refractivity contribution < 1.29 is 14.3 Å². The number of ketones is 1. The highest BCUT2D eigenvalue weighted by Gasteiger charge is 2.48. The molecule has 0 aliphatic carbocycles. The van der Waals surface area contributed by atoms with Crippen LogP contribution in [0.15, 0.2) is 11.8 Å². The molecule has 0 bridgehead atoms. The minimum atomic E-state index is -0.781. The Hall–Kier alpha value is -0.870. The molecule has 0 amide bonds. The van der Waals surface area contributed by atoms with E-state index in [1.165, 1.54) is 83.5 Å². The van der Waals surface area contributed by atoms with Crippen molar-refractivity contribution in [1.82, 2.24) is 4.90 Å². The number of likely N-dealkylation sites (tertiary alicyclic amines) is 1. The number of unbranched alkanes of at least 4 members (excludes halogenated alkanes) is 9. The Kier molecular flexibility index (Phi) is 14.6. The Labute approximate surface area is 217 Å². The molecule has 4 heteroatoms. The van der Waals surface area contributed by atoms with Gasteiger partial charge >= 0.3 is 0 Å². The molecule has 2 rings (SSSR count). The average molecular weight is 492 g/mol. The first-order chi connectivity index (χ1) is 16.9. The topological polar surface area (TPSA) is 38.8 Å². The number of piperidine rings is 1. The molecule has 0 aromatic heterocycles. The quantitative estimate of drug-likeness (QED) is 0.182. The SMILES string of the molecule is CCCCCCCCCCC(CCCCC)OC1=CCOC(CN2CCC(C)CC2)(C(C)C)C1=O. The van der Waals surface area contributed by atoms with Crippen molar-refractivity contribution in [2.75, 3.05) is 26.2 Å². The second-order valence-corrected chi connectivity index (χ2v) is 11.7. The third-order valence-electron chi connectivity index (χ3n) is 8.29. The molecule has 2 atom stereocenters. The fourth-order valence-corrected chi connectivity index (χ4v) is 5.59. The molecule has 0 N–H and O–H groups in total. The number of nitrogens with zero attached hydrogens (tertiary/aromatic N) is 1. The van der Waals surface area contributed by atoms with E-state index < -0.39 is 5.60 Å². The summed E-state index contributed by atoms with van der Waals surface area (Å²) in [5.41, 5.74) is -0.781. The van der Waals surface area contributed by atoms with Crippen LogP contribution >= 0.6 is 0 Å². The van der Waals surface area contributed by atoms with Gasteiger partial charge in [0.15, 0.2) is 5.76 Å². The van der Waals surface area contributed by atoms with Gasteiger partial charge in [-0.25, -0.2) is 0 Å². The van der Waals surface area contributed by atoms with E-state index in [4.69, 9.17) is 9.47 Å². The van der Waals surface area contributed by atoms with Gasteiger partial charge in [0.25, 0.3) is 0 Å². The number of hydrogen-bond acceptors (Lipinski definition) is 4. The van der Waals surface area contributed by atoms with Crippen LogP contribution in [0.1, 0.15) is 131 Å². The van der Waals surface area contributed by atoms with Crippen molar-refractivity contribution in [1.29, 1.82) is 0 Å². The molecule has 0 radical (unpaired) electrons. The highest BCUT2D eigenvalue weighted by Crippen LogP contribution is 2.34. The molecular weight excluding hydrogens is 434 g/mol. The van der Waals surface area contributed by atoms with Gasteiger partial charge in [-0.15, -0.1) is 0 Å². The van der Waals surface area contributed by atoms with Crippen LogP contribution in [0.2, 0.25) is 0 Å². The maximum absolute atomic E-state index is 13.8. The summed E-state index contributed by atoms with van der Waals surface area (Å²) in [6.45, 7) is 14.4. The molecule has 1 saturated heterocycles. The average Bonchev–Trinajstić information content (AvgIpc) is 2.84. The molecule has 4 nitrogen and oxygen atoms in total. The zero-order valence-electron chi connectivity index (χ0n) is 23.9. The van der Waals surface area contributed by atoms with Crippen LogP contribution in [0.25, 0.3) is 0 Å². The van der Waals surface area contributed by atoms with Crippen molar-refractivity contribution in [3.05, 3.63) is 11.8 Å². The summed E-state index contributed by atoms with van der Waals surface area (Å²) >= 11 is 0. The molecule has 0 aromatic rings. The summed E-state index contributed by atoms with van der Waals surface area (Å²) in [6.07, 6.45) is 20.8.